The Morgan fingerprint density at radius 3 is 2.61 bits per heavy atom. The second-order valence-corrected chi connectivity index (χ2v) is 8.25. The van der Waals surface area contributed by atoms with Crippen LogP contribution in [0.2, 0.25) is 0 Å². The van der Waals surface area contributed by atoms with Gasteiger partial charge in [-0.15, -0.1) is 11.3 Å². The molecule has 1 unspecified atom stereocenters. The minimum atomic E-state index is -0.633. The van der Waals surface area contributed by atoms with Crippen LogP contribution in [0.4, 0.5) is 0 Å². The molecular formula is C22H25NO4S. The molecule has 0 saturated carbocycles. The van der Waals surface area contributed by atoms with E-state index < -0.39 is 17.9 Å². The van der Waals surface area contributed by atoms with Crippen LogP contribution in [0.1, 0.15) is 51.9 Å². The molecule has 0 aliphatic heterocycles. The first-order valence-electron chi connectivity index (χ1n) is 9.65. The van der Waals surface area contributed by atoms with Crippen molar-refractivity contribution in [2.24, 2.45) is 0 Å². The van der Waals surface area contributed by atoms with Gasteiger partial charge in [-0.2, -0.15) is 0 Å². The van der Waals surface area contributed by atoms with E-state index in [1.165, 1.54) is 35.1 Å². The van der Waals surface area contributed by atoms with Gasteiger partial charge in [0.1, 0.15) is 4.88 Å². The fraction of sp³-hybridized carbons (Fsp3) is 0.409. The monoisotopic (exact) mass is 399 g/mol. The number of Topliss-reactive ketones (excluding diaryl/α,β-unsaturated/α-hetero) is 1. The van der Waals surface area contributed by atoms with E-state index in [4.69, 9.17) is 4.74 Å². The molecule has 0 saturated heterocycles. The van der Waals surface area contributed by atoms with Gasteiger partial charge in [0.05, 0.1) is 6.04 Å². The van der Waals surface area contributed by atoms with Crippen LogP contribution in [0, 0.1) is 0 Å². The Hall–Kier alpha value is -2.47. The molecule has 1 aromatic carbocycles. The fourth-order valence-corrected chi connectivity index (χ4v) is 4.50. The SMILES string of the molecule is CC(=O)C(Cc1ccccc1)NC(=O)COC(=O)c1cc2c(s1)CCCCC2. The third-order valence-electron chi connectivity index (χ3n) is 4.89. The number of ketones is 1. The van der Waals surface area contributed by atoms with Crippen molar-refractivity contribution in [3.05, 3.63) is 57.3 Å². The number of carbonyl (C=O) groups is 3. The van der Waals surface area contributed by atoms with Gasteiger partial charge in [0.15, 0.2) is 12.4 Å². The lowest BCUT2D eigenvalue weighted by Gasteiger charge is -2.16. The third-order valence-corrected chi connectivity index (χ3v) is 6.11. The summed E-state index contributed by atoms with van der Waals surface area (Å²) in [5, 5.41) is 2.67. The molecule has 1 heterocycles. The standard InChI is InChI=1S/C22H25NO4S/c1-15(24)18(12-16-8-4-2-5-9-16)23-21(25)14-27-22(26)20-13-17-10-6-3-7-11-19(17)28-20/h2,4-5,8-9,13,18H,3,6-7,10-12,14H2,1H3,(H,23,25). The quantitative estimate of drug-likeness (QED) is 0.571. The second kappa shape index (κ2) is 9.64. The number of hydrogen-bond acceptors (Lipinski definition) is 5. The highest BCUT2D eigenvalue weighted by Crippen LogP contribution is 2.29. The zero-order chi connectivity index (χ0) is 19.9. The maximum Gasteiger partial charge on any atom is 0.348 e. The number of benzene rings is 1. The molecule has 1 aliphatic carbocycles. The molecule has 1 aromatic heterocycles. The Morgan fingerprint density at radius 2 is 1.86 bits per heavy atom. The van der Waals surface area contributed by atoms with Gasteiger partial charge in [0.25, 0.3) is 5.91 Å². The number of nitrogens with one attached hydrogen (secondary N) is 1. The van der Waals surface area contributed by atoms with Crippen molar-refractivity contribution in [1.29, 1.82) is 0 Å². The fourth-order valence-electron chi connectivity index (χ4n) is 3.35. The molecule has 2 aromatic rings. The summed E-state index contributed by atoms with van der Waals surface area (Å²) in [5.41, 5.74) is 2.19. The van der Waals surface area contributed by atoms with Gasteiger partial charge in [0.2, 0.25) is 0 Å². The van der Waals surface area contributed by atoms with Crippen molar-refractivity contribution >= 4 is 29.0 Å². The van der Waals surface area contributed by atoms with Gasteiger partial charge in [-0.05, 0) is 56.2 Å². The highest BCUT2D eigenvalue weighted by molar-refractivity contribution is 7.14. The van der Waals surface area contributed by atoms with Crippen LogP contribution in [-0.4, -0.2) is 30.3 Å². The number of thiophene rings is 1. The number of ether oxygens (including phenoxy) is 1. The first-order chi connectivity index (χ1) is 13.5. The number of aryl methyl sites for hydroxylation is 2. The maximum absolute atomic E-state index is 12.3. The number of esters is 1. The summed E-state index contributed by atoms with van der Waals surface area (Å²) < 4.78 is 5.18. The van der Waals surface area contributed by atoms with E-state index in [0.29, 0.717) is 11.3 Å². The Morgan fingerprint density at radius 1 is 1.11 bits per heavy atom. The average Bonchev–Trinajstić information content (AvgIpc) is 2.97. The highest BCUT2D eigenvalue weighted by Gasteiger charge is 2.21. The molecule has 5 nitrogen and oxygen atoms in total. The molecule has 1 aliphatic rings. The molecule has 3 rings (SSSR count). The lowest BCUT2D eigenvalue weighted by Crippen LogP contribution is -2.43. The van der Waals surface area contributed by atoms with Crippen LogP contribution in [0.3, 0.4) is 0 Å². The second-order valence-electron chi connectivity index (χ2n) is 7.12. The number of fused-ring (bicyclic) bond motifs is 1. The van der Waals surface area contributed by atoms with E-state index in [9.17, 15) is 14.4 Å². The van der Waals surface area contributed by atoms with Gasteiger partial charge in [0, 0.05) is 4.88 Å². The zero-order valence-electron chi connectivity index (χ0n) is 16.0. The molecule has 0 fully saturated rings. The summed E-state index contributed by atoms with van der Waals surface area (Å²) in [6.07, 6.45) is 5.94. The van der Waals surface area contributed by atoms with Crippen LogP contribution >= 0.6 is 11.3 Å². The molecule has 28 heavy (non-hydrogen) atoms. The summed E-state index contributed by atoms with van der Waals surface area (Å²) in [5.74, 6) is -1.08. The molecule has 1 N–H and O–H groups in total. The molecule has 0 radical (unpaired) electrons. The molecule has 0 bridgehead atoms. The summed E-state index contributed by atoms with van der Waals surface area (Å²) in [7, 11) is 0. The Bertz CT molecular complexity index is 820. The van der Waals surface area contributed by atoms with Crippen LogP contribution in [-0.2, 0) is 33.6 Å². The number of rotatable bonds is 7. The molecule has 0 spiro atoms. The van der Waals surface area contributed by atoms with Gasteiger partial charge < -0.3 is 10.1 Å². The molecule has 1 atom stereocenters. The van der Waals surface area contributed by atoms with E-state index in [0.717, 1.165) is 31.2 Å². The van der Waals surface area contributed by atoms with Gasteiger partial charge in [-0.1, -0.05) is 36.8 Å². The van der Waals surface area contributed by atoms with E-state index in [-0.39, 0.29) is 12.4 Å². The molecule has 148 valence electrons. The normalized spacial score (nSPS) is 14.5. The lowest BCUT2D eigenvalue weighted by atomic mass is 10.0. The Kier molecular flexibility index (Phi) is 6.98. The third kappa shape index (κ3) is 5.52. The molecule has 6 heteroatoms. The highest BCUT2D eigenvalue weighted by atomic mass is 32.1. The van der Waals surface area contributed by atoms with Crippen LogP contribution in [0.15, 0.2) is 36.4 Å². The minimum Gasteiger partial charge on any atom is -0.451 e. The van der Waals surface area contributed by atoms with Crippen molar-refractivity contribution in [2.75, 3.05) is 6.61 Å². The zero-order valence-corrected chi connectivity index (χ0v) is 16.8. The smallest absolute Gasteiger partial charge is 0.348 e. The van der Waals surface area contributed by atoms with Gasteiger partial charge in [-0.3, -0.25) is 9.59 Å². The summed E-state index contributed by atoms with van der Waals surface area (Å²) >= 11 is 1.47. The van der Waals surface area contributed by atoms with Gasteiger partial charge >= 0.3 is 5.97 Å². The number of hydrogen-bond donors (Lipinski definition) is 1. The predicted octanol–water partition coefficient (Wildman–Crippen LogP) is 3.49. The van der Waals surface area contributed by atoms with E-state index in [1.807, 2.05) is 36.4 Å². The van der Waals surface area contributed by atoms with Crippen molar-refractivity contribution < 1.29 is 19.1 Å². The van der Waals surface area contributed by atoms with E-state index >= 15 is 0 Å². The average molecular weight is 400 g/mol. The van der Waals surface area contributed by atoms with E-state index in [1.54, 1.807) is 0 Å². The molecular weight excluding hydrogens is 374 g/mol. The lowest BCUT2D eigenvalue weighted by molar-refractivity contribution is -0.128. The summed E-state index contributed by atoms with van der Waals surface area (Å²) in [6, 6.07) is 10.8. The minimum absolute atomic E-state index is 0.134. The largest absolute Gasteiger partial charge is 0.451 e. The van der Waals surface area contributed by atoms with E-state index in [2.05, 4.69) is 5.32 Å². The summed E-state index contributed by atoms with van der Waals surface area (Å²) in [6.45, 7) is 1.05. The topological polar surface area (TPSA) is 72.5 Å². The maximum atomic E-state index is 12.3. The first-order valence-corrected chi connectivity index (χ1v) is 10.5. The van der Waals surface area contributed by atoms with Crippen LogP contribution in [0.5, 0.6) is 0 Å². The van der Waals surface area contributed by atoms with Crippen molar-refractivity contribution in [3.8, 4) is 0 Å². The van der Waals surface area contributed by atoms with Crippen molar-refractivity contribution in [1.82, 2.24) is 5.32 Å². The molecule has 1 amide bonds. The Labute approximate surface area is 169 Å². The Balaban J connectivity index is 1.52. The van der Waals surface area contributed by atoms with Crippen molar-refractivity contribution in [3.63, 3.8) is 0 Å². The summed E-state index contributed by atoms with van der Waals surface area (Å²) in [4.78, 5) is 38.2. The number of amides is 1. The van der Waals surface area contributed by atoms with Crippen LogP contribution in [0.25, 0.3) is 0 Å². The van der Waals surface area contributed by atoms with Crippen LogP contribution < -0.4 is 5.32 Å². The van der Waals surface area contributed by atoms with Gasteiger partial charge in [-0.25, -0.2) is 4.79 Å². The predicted molar refractivity (Wildman–Crippen MR) is 109 cm³/mol. The van der Waals surface area contributed by atoms with Crippen molar-refractivity contribution in [2.45, 2.75) is 51.5 Å². The first kappa shape index (κ1) is 20.3. The number of carbonyl (C=O) groups excluding carboxylic acids is 3.